The molecule has 2 aromatic carbocycles. The minimum Gasteiger partial charge on any atom is -0.497 e. The van der Waals surface area contributed by atoms with E-state index in [2.05, 4.69) is 0 Å². The van der Waals surface area contributed by atoms with Crippen molar-refractivity contribution in [1.82, 2.24) is 0 Å². The number of halogens is 1. The molecule has 2 rings (SSSR count). The number of ether oxygens (including phenoxy) is 1. The Hall–Kier alpha value is -2.06. The Balaban J connectivity index is 2.19. The Morgan fingerprint density at radius 2 is 1.63 bits per heavy atom. The van der Waals surface area contributed by atoms with Crippen LogP contribution in [-0.4, -0.2) is 13.4 Å². The summed E-state index contributed by atoms with van der Waals surface area (Å²) in [6.45, 7) is 0. The molecule has 0 aromatic heterocycles. The third-order valence-electron chi connectivity index (χ3n) is 2.73. The van der Waals surface area contributed by atoms with Crippen LogP contribution < -0.4 is 4.74 Å². The molecule has 0 spiro atoms. The summed E-state index contributed by atoms with van der Waals surface area (Å²) in [4.78, 5) is 10.8. The Morgan fingerprint density at radius 1 is 1.00 bits per heavy atom. The van der Waals surface area contributed by atoms with Gasteiger partial charge in [-0.15, -0.1) is 0 Å². The van der Waals surface area contributed by atoms with Gasteiger partial charge in [-0.3, -0.25) is 4.79 Å². The van der Waals surface area contributed by atoms with Crippen molar-refractivity contribution in [3.8, 4) is 5.75 Å². The van der Waals surface area contributed by atoms with Crippen molar-refractivity contribution in [2.75, 3.05) is 7.11 Å². The number of rotatable bonds is 4. The first-order valence-electron chi connectivity index (χ1n) is 5.80. The van der Waals surface area contributed by atoms with Gasteiger partial charge in [0.2, 0.25) is 0 Å². The summed E-state index contributed by atoms with van der Waals surface area (Å²) in [5, 5.41) is 0.469. The average molecular weight is 273 g/mol. The van der Waals surface area contributed by atoms with Crippen molar-refractivity contribution in [3.05, 3.63) is 64.2 Å². The fourth-order valence-electron chi connectivity index (χ4n) is 1.66. The molecule has 0 aliphatic rings. The van der Waals surface area contributed by atoms with Crippen molar-refractivity contribution in [2.24, 2.45) is 0 Å². The van der Waals surface area contributed by atoms with E-state index in [0.717, 1.165) is 23.2 Å². The van der Waals surface area contributed by atoms with Gasteiger partial charge in [0.1, 0.15) is 5.75 Å². The monoisotopic (exact) mass is 272 g/mol. The second-order valence-corrected chi connectivity index (χ2v) is 4.41. The van der Waals surface area contributed by atoms with E-state index in [9.17, 15) is 4.79 Å². The zero-order valence-electron chi connectivity index (χ0n) is 10.5. The highest BCUT2D eigenvalue weighted by Gasteiger charge is 1.98. The number of aldehydes is 1. The minimum atomic E-state index is 0.469. The van der Waals surface area contributed by atoms with Gasteiger partial charge in [0, 0.05) is 5.56 Å². The summed E-state index contributed by atoms with van der Waals surface area (Å²) >= 11 is 5.88. The molecule has 0 saturated heterocycles. The van der Waals surface area contributed by atoms with Crippen LogP contribution in [0, 0.1) is 0 Å². The summed E-state index contributed by atoms with van der Waals surface area (Å²) in [7, 11) is 1.64. The summed E-state index contributed by atoms with van der Waals surface area (Å²) in [6, 6.07) is 13.1. The van der Waals surface area contributed by atoms with Crippen LogP contribution in [0.25, 0.3) is 12.2 Å². The summed E-state index contributed by atoms with van der Waals surface area (Å²) < 4.78 is 5.10. The lowest BCUT2D eigenvalue weighted by atomic mass is 10.1. The maximum atomic E-state index is 10.8. The molecule has 0 unspecified atom stereocenters. The molecule has 96 valence electrons. The molecule has 0 aliphatic carbocycles. The van der Waals surface area contributed by atoms with E-state index in [1.54, 1.807) is 19.2 Å². The molecule has 0 amide bonds. The molecule has 0 aliphatic heterocycles. The lowest BCUT2D eigenvalue weighted by Crippen LogP contribution is -1.83. The number of carbonyl (C=O) groups is 1. The fraction of sp³-hybridized carbons (Fsp3) is 0.0625. The Kier molecular flexibility index (Phi) is 4.37. The van der Waals surface area contributed by atoms with E-state index in [1.165, 1.54) is 0 Å². The van der Waals surface area contributed by atoms with Crippen LogP contribution in [0.3, 0.4) is 0 Å². The van der Waals surface area contributed by atoms with Crippen molar-refractivity contribution in [2.45, 2.75) is 0 Å². The number of hydrogen-bond donors (Lipinski definition) is 0. The molecule has 0 heterocycles. The first kappa shape index (κ1) is 13.4. The molecular weight excluding hydrogens is 260 g/mol. The standard InChI is InChI=1S/C16H13ClO2/c1-19-15-7-4-12(5-8-15)2-3-13-6-9-16(17)14(10-13)11-18/h2-11H,1H3. The molecule has 2 aromatic rings. The topological polar surface area (TPSA) is 26.3 Å². The van der Waals surface area contributed by atoms with E-state index >= 15 is 0 Å². The summed E-state index contributed by atoms with van der Waals surface area (Å²) in [5.74, 6) is 0.826. The van der Waals surface area contributed by atoms with Crippen LogP contribution >= 0.6 is 11.6 Å². The quantitative estimate of drug-likeness (QED) is 0.612. The van der Waals surface area contributed by atoms with Gasteiger partial charge < -0.3 is 4.74 Å². The number of carbonyl (C=O) groups excluding carboxylic acids is 1. The van der Waals surface area contributed by atoms with E-state index in [0.29, 0.717) is 10.6 Å². The number of methoxy groups -OCH3 is 1. The third kappa shape index (κ3) is 3.46. The van der Waals surface area contributed by atoms with Crippen LogP contribution in [0.5, 0.6) is 5.75 Å². The zero-order chi connectivity index (χ0) is 13.7. The van der Waals surface area contributed by atoms with Crippen molar-refractivity contribution in [3.63, 3.8) is 0 Å². The lowest BCUT2D eigenvalue weighted by Gasteiger charge is -2.00. The van der Waals surface area contributed by atoms with E-state index in [-0.39, 0.29) is 0 Å². The Morgan fingerprint density at radius 3 is 2.26 bits per heavy atom. The molecule has 19 heavy (non-hydrogen) atoms. The largest absolute Gasteiger partial charge is 0.497 e. The first-order valence-corrected chi connectivity index (χ1v) is 6.17. The third-order valence-corrected chi connectivity index (χ3v) is 3.08. The molecule has 3 heteroatoms. The maximum absolute atomic E-state index is 10.8. The molecule has 0 fully saturated rings. The van der Waals surface area contributed by atoms with E-state index in [4.69, 9.17) is 16.3 Å². The van der Waals surface area contributed by atoms with Gasteiger partial charge in [-0.05, 0) is 35.4 Å². The predicted molar refractivity (Wildman–Crippen MR) is 78.8 cm³/mol. The number of benzene rings is 2. The van der Waals surface area contributed by atoms with Gasteiger partial charge in [-0.1, -0.05) is 42.0 Å². The SMILES string of the molecule is COc1ccc(C=Cc2ccc(Cl)c(C=O)c2)cc1. The van der Waals surface area contributed by atoms with Crippen LogP contribution in [0.4, 0.5) is 0 Å². The van der Waals surface area contributed by atoms with Gasteiger partial charge in [0.15, 0.2) is 6.29 Å². The summed E-state index contributed by atoms with van der Waals surface area (Å²) in [5.41, 5.74) is 2.49. The second-order valence-electron chi connectivity index (χ2n) is 4.01. The minimum absolute atomic E-state index is 0.469. The van der Waals surface area contributed by atoms with Gasteiger partial charge in [-0.2, -0.15) is 0 Å². The van der Waals surface area contributed by atoms with Crippen molar-refractivity contribution in [1.29, 1.82) is 0 Å². The molecule has 0 atom stereocenters. The predicted octanol–water partition coefficient (Wildman–Crippen LogP) is 4.33. The smallest absolute Gasteiger partial charge is 0.151 e. The second kappa shape index (κ2) is 6.21. The van der Waals surface area contributed by atoms with Gasteiger partial charge in [-0.25, -0.2) is 0 Å². The normalized spacial score (nSPS) is 10.6. The molecule has 0 bridgehead atoms. The molecule has 0 saturated carbocycles. The molecule has 0 radical (unpaired) electrons. The van der Waals surface area contributed by atoms with Crippen LogP contribution in [0.15, 0.2) is 42.5 Å². The zero-order valence-corrected chi connectivity index (χ0v) is 11.2. The van der Waals surface area contributed by atoms with Crippen LogP contribution in [-0.2, 0) is 0 Å². The van der Waals surface area contributed by atoms with E-state index < -0.39 is 0 Å². The van der Waals surface area contributed by atoms with Crippen LogP contribution in [0.1, 0.15) is 21.5 Å². The average Bonchev–Trinajstić information content (AvgIpc) is 2.47. The Labute approximate surface area is 117 Å². The summed E-state index contributed by atoms with van der Waals surface area (Å²) in [6.07, 6.45) is 4.66. The van der Waals surface area contributed by atoms with Gasteiger partial charge in [0.05, 0.1) is 12.1 Å². The lowest BCUT2D eigenvalue weighted by molar-refractivity contribution is 0.112. The Bertz CT molecular complexity index is 601. The number of hydrogen-bond acceptors (Lipinski definition) is 2. The molecule has 2 nitrogen and oxygen atoms in total. The highest BCUT2D eigenvalue weighted by Crippen LogP contribution is 2.18. The first-order chi connectivity index (χ1) is 9.22. The highest BCUT2D eigenvalue weighted by molar-refractivity contribution is 6.33. The van der Waals surface area contributed by atoms with Crippen molar-refractivity contribution < 1.29 is 9.53 Å². The molecule has 0 N–H and O–H groups in total. The highest BCUT2D eigenvalue weighted by atomic mass is 35.5. The van der Waals surface area contributed by atoms with E-state index in [1.807, 2.05) is 42.5 Å². The van der Waals surface area contributed by atoms with Gasteiger partial charge in [0.25, 0.3) is 0 Å². The van der Waals surface area contributed by atoms with Crippen LogP contribution in [0.2, 0.25) is 5.02 Å². The van der Waals surface area contributed by atoms with Crippen molar-refractivity contribution >= 4 is 30.0 Å². The van der Waals surface area contributed by atoms with Gasteiger partial charge >= 0.3 is 0 Å². The fourth-order valence-corrected chi connectivity index (χ4v) is 1.83. The maximum Gasteiger partial charge on any atom is 0.151 e. The molecular formula is C16H13ClO2.